The molecule has 0 bridgehead atoms. The molecule has 3 rings (SSSR count). The average Bonchev–Trinajstić information content (AvgIpc) is 2.97. The Hall–Kier alpha value is -1.67. The second-order valence-corrected chi connectivity index (χ2v) is 8.59. The van der Waals surface area contributed by atoms with Gasteiger partial charge in [-0.3, -0.25) is 4.79 Å². The van der Waals surface area contributed by atoms with E-state index in [0.717, 1.165) is 0 Å². The van der Waals surface area contributed by atoms with Crippen molar-refractivity contribution in [2.75, 3.05) is 32.8 Å². The van der Waals surface area contributed by atoms with Crippen LogP contribution < -0.4 is 0 Å². The van der Waals surface area contributed by atoms with Crippen LogP contribution in [0.5, 0.6) is 0 Å². The number of rotatable bonds is 1. The Morgan fingerprint density at radius 3 is 2.62 bits per heavy atom. The normalized spacial score (nSPS) is 23.4. The summed E-state index contributed by atoms with van der Waals surface area (Å²) in [5.41, 5.74) is -0.507. The van der Waals surface area contributed by atoms with Crippen LogP contribution in [0.2, 0.25) is 0 Å². The molecule has 1 atom stereocenters. The molecule has 2 saturated heterocycles. The first kappa shape index (κ1) is 19.1. The van der Waals surface area contributed by atoms with Gasteiger partial charge in [0.1, 0.15) is 15.8 Å². The molecule has 2 amide bonds. The van der Waals surface area contributed by atoms with Gasteiger partial charge in [-0.1, -0.05) is 0 Å². The number of nitrogens with zero attached hydrogens (tertiary/aromatic N) is 3. The van der Waals surface area contributed by atoms with E-state index in [2.05, 4.69) is 20.9 Å². The zero-order valence-electron chi connectivity index (χ0n) is 15.3. The Labute approximate surface area is 161 Å². The number of halogens is 1. The van der Waals surface area contributed by atoms with Gasteiger partial charge in [0.05, 0.1) is 25.3 Å². The van der Waals surface area contributed by atoms with E-state index in [1.807, 2.05) is 20.8 Å². The molecule has 0 saturated carbocycles. The maximum Gasteiger partial charge on any atom is 0.410 e. The molecule has 8 heteroatoms. The molecule has 1 unspecified atom stereocenters. The lowest BCUT2D eigenvalue weighted by atomic mass is 10.0. The molecule has 1 aromatic rings. The van der Waals surface area contributed by atoms with Gasteiger partial charge in [-0.15, -0.1) is 0 Å². The number of pyridine rings is 1. The van der Waals surface area contributed by atoms with Crippen LogP contribution >= 0.6 is 15.9 Å². The van der Waals surface area contributed by atoms with E-state index in [1.165, 1.54) is 0 Å². The highest BCUT2D eigenvalue weighted by Gasteiger charge is 2.46. The van der Waals surface area contributed by atoms with E-state index >= 15 is 0 Å². The highest BCUT2D eigenvalue weighted by atomic mass is 79.9. The molecule has 0 radical (unpaired) electrons. The van der Waals surface area contributed by atoms with E-state index in [0.29, 0.717) is 49.4 Å². The lowest BCUT2D eigenvalue weighted by molar-refractivity contribution is -0.100. The summed E-state index contributed by atoms with van der Waals surface area (Å²) in [7, 11) is 0. The maximum absolute atomic E-state index is 12.7. The van der Waals surface area contributed by atoms with Crippen molar-refractivity contribution in [1.82, 2.24) is 14.8 Å². The quantitative estimate of drug-likeness (QED) is 0.646. The number of ether oxygens (including phenoxy) is 2. The smallest absolute Gasteiger partial charge is 0.410 e. The minimum atomic E-state index is -0.533. The van der Waals surface area contributed by atoms with Crippen molar-refractivity contribution in [3.8, 4) is 0 Å². The van der Waals surface area contributed by atoms with Crippen molar-refractivity contribution in [2.45, 2.75) is 38.4 Å². The third-order valence-corrected chi connectivity index (χ3v) is 4.95. The van der Waals surface area contributed by atoms with E-state index in [-0.39, 0.29) is 12.0 Å². The van der Waals surface area contributed by atoms with Gasteiger partial charge in [-0.25, -0.2) is 9.78 Å². The minimum absolute atomic E-state index is 0.0696. The summed E-state index contributed by atoms with van der Waals surface area (Å²) in [6, 6.07) is 3.50. The SMILES string of the molecule is CC(C)(C)OC(=O)N1CCOC2(CCN(C(=O)c3ccc(Br)nc3)C2)C1. The van der Waals surface area contributed by atoms with E-state index in [4.69, 9.17) is 9.47 Å². The summed E-state index contributed by atoms with van der Waals surface area (Å²) in [5, 5.41) is 0. The van der Waals surface area contributed by atoms with Gasteiger partial charge in [0.2, 0.25) is 0 Å². The monoisotopic (exact) mass is 425 g/mol. The zero-order chi connectivity index (χ0) is 18.9. The number of amides is 2. The number of morpholine rings is 1. The molecule has 142 valence electrons. The van der Waals surface area contributed by atoms with Crippen molar-refractivity contribution < 1.29 is 19.1 Å². The maximum atomic E-state index is 12.7. The molecular weight excluding hydrogens is 402 g/mol. The summed E-state index contributed by atoms with van der Waals surface area (Å²) < 4.78 is 12.2. The molecule has 1 aromatic heterocycles. The average molecular weight is 426 g/mol. The minimum Gasteiger partial charge on any atom is -0.444 e. The highest BCUT2D eigenvalue weighted by Crippen LogP contribution is 2.31. The van der Waals surface area contributed by atoms with Gasteiger partial charge in [-0.05, 0) is 55.3 Å². The number of hydrogen-bond donors (Lipinski definition) is 0. The predicted molar refractivity (Wildman–Crippen MR) is 98.9 cm³/mol. The van der Waals surface area contributed by atoms with E-state index in [9.17, 15) is 9.59 Å². The van der Waals surface area contributed by atoms with Crippen LogP contribution in [-0.4, -0.2) is 70.8 Å². The van der Waals surface area contributed by atoms with Crippen molar-refractivity contribution >= 4 is 27.9 Å². The molecule has 2 aliphatic rings. The summed E-state index contributed by atoms with van der Waals surface area (Å²) in [5.74, 6) is -0.0696. The fourth-order valence-electron chi connectivity index (χ4n) is 3.28. The number of aromatic nitrogens is 1. The van der Waals surface area contributed by atoms with Gasteiger partial charge in [0.25, 0.3) is 5.91 Å². The fraction of sp³-hybridized carbons (Fsp3) is 0.611. The molecule has 0 N–H and O–H groups in total. The molecule has 7 nitrogen and oxygen atoms in total. The number of hydrogen-bond acceptors (Lipinski definition) is 5. The third kappa shape index (κ3) is 4.35. The Morgan fingerprint density at radius 2 is 1.96 bits per heavy atom. The molecule has 0 aliphatic carbocycles. The first-order chi connectivity index (χ1) is 12.2. The third-order valence-electron chi connectivity index (χ3n) is 4.48. The van der Waals surface area contributed by atoms with Crippen molar-refractivity contribution in [3.63, 3.8) is 0 Å². The van der Waals surface area contributed by atoms with Gasteiger partial charge >= 0.3 is 6.09 Å². The van der Waals surface area contributed by atoms with Crippen molar-refractivity contribution in [3.05, 3.63) is 28.5 Å². The topological polar surface area (TPSA) is 72.0 Å². The van der Waals surface area contributed by atoms with Crippen LogP contribution in [-0.2, 0) is 9.47 Å². The standard InChI is InChI=1S/C18H24BrN3O4/c1-17(2,3)26-16(24)22-8-9-25-18(12-22)6-7-21(11-18)15(23)13-4-5-14(19)20-10-13/h4-5,10H,6-9,11-12H2,1-3H3. The summed E-state index contributed by atoms with van der Waals surface area (Å²) in [6.45, 7) is 7.99. The second-order valence-electron chi connectivity index (χ2n) is 7.78. The summed E-state index contributed by atoms with van der Waals surface area (Å²) in [6.07, 6.45) is 1.93. The Balaban J connectivity index is 1.65. The lowest BCUT2D eigenvalue weighted by Gasteiger charge is -2.40. The molecule has 2 aliphatic heterocycles. The Morgan fingerprint density at radius 1 is 1.23 bits per heavy atom. The van der Waals surface area contributed by atoms with Crippen LogP contribution in [0, 0.1) is 0 Å². The van der Waals surface area contributed by atoms with Crippen molar-refractivity contribution in [2.24, 2.45) is 0 Å². The van der Waals surface area contributed by atoms with Crippen molar-refractivity contribution in [1.29, 1.82) is 0 Å². The predicted octanol–water partition coefficient (Wildman–Crippen LogP) is 2.70. The molecular formula is C18H24BrN3O4. The number of carbonyl (C=O) groups is 2. The zero-order valence-corrected chi connectivity index (χ0v) is 16.9. The Kier molecular flexibility index (Phi) is 5.25. The second kappa shape index (κ2) is 7.15. The van der Waals surface area contributed by atoms with Gasteiger partial charge in [-0.2, -0.15) is 0 Å². The summed E-state index contributed by atoms with van der Waals surface area (Å²) >= 11 is 3.27. The largest absolute Gasteiger partial charge is 0.444 e. The molecule has 3 heterocycles. The van der Waals surface area contributed by atoms with Gasteiger partial charge in [0, 0.05) is 19.3 Å². The van der Waals surface area contributed by atoms with Crippen LogP contribution in [0.25, 0.3) is 0 Å². The number of likely N-dealkylation sites (tertiary alicyclic amines) is 1. The van der Waals surface area contributed by atoms with Gasteiger partial charge in [0.15, 0.2) is 0 Å². The first-order valence-electron chi connectivity index (χ1n) is 8.70. The van der Waals surface area contributed by atoms with Crippen LogP contribution in [0.15, 0.2) is 22.9 Å². The summed E-state index contributed by atoms with van der Waals surface area (Å²) in [4.78, 5) is 32.6. The first-order valence-corrected chi connectivity index (χ1v) is 9.50. The van der Waals surface area contributed by atoms with E-state index in [1.54, 1.807) is 28.1 Å². The van der Waals surface area contributed by atoms with E-state index < -0.39 is 11.2 Å². The molecule has 1 spiro atoms. The van der Waals surface area contributed by atoms with Crippen LogP contribution in [0.4, 0.5) is 4.79 Å². The molecule has 26 heavy (non-hydrogen) atoms. The molecule has 0 aromatic carbocycles. The fourth-order valence-corrected chi connectivity index (χ4v) is 3.51. The lowest BCUT2D eigenvalue weighted by Crippen LogP contribution is -2.55. The molecule has 2 fully saturated rings. The van der Waals surface area contributed by atoms with Crippen LogP contribution in [0.3, 0.4) is 0 Å². The number of carbonyl (C=O) groups excluding carboxylic acids is 2. The highest BCUT2D eigenvalue weighted by molar-refractivity contribution is 9.10. The Bertz CT molecular complexity index is 689. The van der Waals surface area contributed by atoms with Gasteiger partial charge < -0.3 is 19.3 Å². The van der Waals surface area contributed by atoms with Crippen LogP contribution in [0.1, 0.15) is 37.6 Å².